The van der Waals surface area contributed by atoms with E-state index in [1.54, 1.807) is 6.92 Å². The number of carbonyl (C=O) groups is 1. The molecule has 5 heteroatoms. The maximum atomic E-state index is 12.1. The van der Waals surface area contributed by atoms with Crippen molar-refractivity contribution in [2.24, 2.45) is 0 Å². The first-order valence-electron chi connectivity index (χ1n) is 6.81. The Hall–Kier alpha value is -1.08. The van der Waals surface area contributed by atoms with Crippen LogP contribution in [0.1, 0.15) is 41.9 Å². The summed E-state index contributed by atoms with van der Waals surface area (Å²) < 4.78 is 6.26. The number of hydrogen-bond donors (Lipinski definition) is 1. The number of anilines is 1. The molecule has 0 aliphatic carbocycles. The van der Waals surface area contributed by atoms with Gasteiger partial charge >= 0.3 is 5.97 Å². The lowest BCUT2D eigenvalue weighted by atomic mass is 9.98. The van der Waals surface area contributed by atoms with Crippen molar-refractivity contribution in [3.8, 4) is 10.4 Å². The molecule has 0 unspecified atom stereocenters. The first kappa shape index (κ1) is 16.3. The largest absolute Gasteiger partial charge is 0.462 e. The second kappa shape index (κ2) is 6.79. The van der Waals surface area contributed by atoms with Crippen LogP contribution in [0.15, 0.2) is 24.3 Å². The van der Waals surface area contributed by atoms with E-state index in [0.29, 0.717) is 17.2 Å². The molecule has 2 N–H and O–H groups in total. The molecule has 2 rings (SSSR count). The molecule has 21 heavy (non-hydrogen) atoms. The van der Waals surface area contributed by atoms with E-state index >= 15 is 0 Å². The van der Waals surface area contributed by atoms with Gasteiger partial charge in [0, 0.05) is 14.0 Å². The summed E-state index contributed by atoms with van der Waals surface area (Å²) in [5, 5.41) is 0. The zero-order chi connectivity index (χ0) is 15.6. The van der Waals surface area contributed by atoms with E-state index in [1.165, 1.54) is 11.3 Å². The maximum absolute atomic E-state index is 12.1. The molecular weight excluding hydrogens is 397 g/mol. The van der Waals surface area contributed by atoms with Gasteiger partial charge in [0.15, 0.2) is 0 Å². The molecule has 1 aromatic carbocycles. The Morgan fingerprint density at radius 1 is 1.38 bits per heavy atom. The summed E-state index contributed by atoms with van der Waals surface area (Å²) in [6, 6.07) is 8.12. The van der Waals surface area contributed by atoms with Crippen molar-refractivity contribution in [1.29, 1.82) is 0 Å². The predicted molar refractivity (Wildman–Crippen MR) is 96.9 cm³/mol. The molecular formula is C16H18INO2S. The van der Waals surface area contributed by atoms with Gasteiger partial charge in [0.25, 0.3) is 0 Å². The molecule has 1 aromatic heterocycles. The van der Waals surface area contributed by atoms with Crippen molar-refractivity contribution in [3.05, 3.63) is 38.3 Å². The summed E-state index contributed by atoms with van der Waals surface area (Å²) in [7, 11) is 0. The van der Waals surface area contributed by atoms with Gasteiger partial charge in [-0.15, -0.1) is 11.3 Å². The van der Waals surface area contributed by atoms with Crippen LogP contribution in [0.2, 0.25) is 0 Å². The summed E-state index contributed by atoms with van der Waals surface area (Å²) in [4.78, 5) is 13.7. The van der Waals surface area contributed by atoms with Crippen molar-refractivity contribution in [1.82, 2.24) is 0 Å². The minimum atomic E-state index is -0.334. The molecule has 0 aliphatic heterocycles. The highest BCUT2D eigenvalue weighted by Gasteiger charge is 2.25. The Morgan fingerprint density at radius 2 is 2.05 bits per heavy atom. The number of ether oxygens (including phenoxy) is 1. The number of benzene rings is 1. The molecule has 0 fully saturated rings. The number of esters is 1. The average Bonchev–Trinajstić information content (AvgIpc) is 2.77. The van der Waals surface area contributed by atoms with Gasteiger partial charge in [-0.25, -0.2) is 4.79 Å². The fraction of sp³-hybridized carbons (Fsp3) is 0.312. The molecule has 2 aromatic rings. The molecule has 0 amide bonds. The highest BCUT2D eigenvalue weighted by atomic mass is 127. The summed E-state index contributed by atoms with van der Waals surface area (Å²) in [6.45, 7) is 6.33. The van der Waals surface area contributed by atoms with E-state index in [-0.39, 0.29) is 11.9 Å². The van der Waals surface area contributed by atoms with Crippen molar-refractivity contribution in [2.45, 2.75) is 26.7 Å². The Morgan fingerprint density at radius 3 is 2.62 bits per heavy atom. The number of nitrogen functional groups attached to an aromatic ring is 1. The lowest BCUT2D eigenvalue weighted by Crippen LogP contribution is -2.06. The van der Waals surface area contributed by atoms with Gasteiger partial charge in [-0.3, -0.25) is 0 Å². The Balaban J connectivity index is 2.63. The SMILES string of the molecule is CCOC(=O)c1sc(-c2ccccc2I)c(C(C)C)c1N. The lowest BCUT2D eigenvalue weighted by Gasteiger charge is -2.10. The maximum Gasteiger partial charge on any atom is 0.350 e. The van der Waals surface area contributed by atoms with E-state index in [4.69, 9.17) is 10.5 Å². The van der Waals surface area contributed by atoms with Crippen LogP contribution in [0.5, 0.6) is 0 Å². The van der Waals surface area contributed by atoms with Crippen molar-refractivity contribution < 1.29 is 9.53 Å². The molecule has 0 atom stereocenters. The second-order valence-electron chi connectivity index (χ2n) is 4.94. The zero-order valence-electron chi connectivity index (χ0n) is 12.3. The van der Waals surface area contributed by atoms with Crippen LogP contribution in [-0.4, -0.2) is 12.6 Å². The summed E-state index contributed by atoms with van der Waals surface area (Å²) in [5.74, 6) is -0.0884. The first-order chi connectivity index (χ1) is 9.97. The number of hydrogen-bond acceptors (Lipinski definition) is 4. The third kappa shape index (κ3) is 3.23. The molecule has 0 saturated heterocycles. The van der Waals surface area contributed by atoms with Gasteiger partial charge < -0.3 is 10.5 Å². The van der Waals surface area contributed by atoms with Crippen molar-refractivity contribution in [2.75, 3.05) is 12.3 Å². The van der Waals surface area contributed by atoms with Crippen LogP contribution in [0.4, 0.5) is 5.69 Å². The topological polar surface area (TPSA) is 52.3 Å². The Kier molecular flexibility index (Phi) is 5.27. The van der Waals surface area contributed by atoms with Gasteiger partial charge in [-0.2, -0.15) is 0 Å². The van der Waals surface area contributed by atoms with E-state index < -0.39 is 0 Å². The highest BCUT2D eigenvalue weighted by molar-refractivity contribution is 14.1. The molecule has 112 valence electrons. The zero-order valence-corrected chi connectivity index (χ0v) is 15.2. The van der Waals surface area contributed by atoms with Crippen LogP contribution < -0.4 is 5.73 Å². The number of halogens is 1. The van der Waals surface area contributed by atoms with Gasteiger partial charge in [0.05, 0.1) is 12.3 Å². The summed E-state index contributed by atoms with van der Waals surface area (Å²) in [6.07, 6.45) is 0. The highest BCUT2D eigenvalue weighted by Crippen LogP contribution is 2.44. The Labute approximate surface area is 142 Å². The average molecular weight is 415 g/mol. The number of nitrogens with two attached hydrogens (primary N) is 1. The third-order valence-electron chi connectivity index (χ3n) is 3.14. The standard InChI is InChI=1S/C16H18INO2S/c1-4-20-16(19)15-13(18)12(9(2)3)14(21-15)10-7-5-6-8-11(10)17/h5-9H,4,18H2,1-3H3. The van der Waals surface area contributed by atoms with Crippen LogP contribution >= 0.6 is 33.9 Å². The number of carbonyl (C=O) groups excluding carboxylic acids is 1. The quantitative estimate of drug-likeness (QED) is 0.571. The molecule has 0 saturated carbocycles. The van der Waals surface area contributed by atoms with Gasteiger partial charge in [-0.05, 0) is 47.1 Å². The number of thiophene rings is 1. The van der Waals surface area contributed by atoms with Crippen molar-refractivity contribution >= 4 is 45.6 Å². The third-order valence-corrected chi connectivity index (χ3v) is 5.32. The monoisotopic (exact) mass is 415 g/mol. The van der Waals surface area contributed by atoms with Gasteiger partial charge in [0.2, 0.25) is 0 Å². The van der Waals surface area contributed by atoms with Crippen LogP contribution in [0, 0.1) is 3.57 Å². The molecule has 3 nitrogen and oxygen atoms in total. The fourth-order valence-corrected chi connectivity index (χ4v) is 4.37. The van der Waals surface area contributed by atoms with Crippen LogP contribution in [0.3, 0.4) is 0 Å². The van der Waals surface area contributed by atoms with E-state index in [9.17, 15) is 4.79 Å². The predicted octanol–water partition coefficient (Wildman–Crippen LogP) is 4.90. The minimum Gasteiger partial charge on any atom is -0.462 e. The normalized spacial score (nSPS) is 10.9. The van der Waals surface area contributed by atoms with E-state index in [1.807, 2.05) is 12.1 Å². The number of rotatable bonds is 4. The smallest absolute Gasteiger partial charge is 0.350 e. The van der Waals surface area contributed by atoms with E-state index in [2.05, 4.69) is 48.6 Å². The van der Waals surface area contributed by atoms with Gasteiger partial charge in [0.1, 0.15) is 4.88 Å². The molecule has 0 radical (unpaired) electrons. The fourth-order valence-electron chi connectivity index (χ4n) is 2.22. The van der Waals surface area contributed by atoms with E-state index in [0.717, 1.165) is 19.6 Å². The van der Waals surface area contributed by atoms with Crippen LogP contribution in [0.25, 0.3) is 10.4 Å². The molecule has 0 aliphatic rings. The van der Waals surface area contributed by atoms with Gasteiger partial charge in [-0.1, -0.05) is 32.0 Å². The first-order valence-corrected chi connectivity index (χ1v) is 8.71. The summed E-state index contributed by atoms with van der Waals surface area (Å²) in [5.41, 5.74) is 8.94. The van der Waals surface area contributed by atoms with Crippen LogP contribution in [-0.2, 0) is 4.74 Å². The molecule has 0 spiro atoms. The molecule has 1 heterocycles. The summed E-state index contributed by atoms with van der Waals surface area (Å²) >= 11 is 3.73. The lowest BCUT2D eigenvalue weighted by molar-refractivity contribution is 0.0533. The van der Waals surface area contributed by atoms with Crippen molar-refractivity contribution in [3.63, 3.8) is 0 Å². The minimum absolute atomic E-state index is 0.246. The molecule has 0 bridgehead atoms. The Bertz CT molecular complexity index is 664. The second-order valence-corrected chi connectivity index (χ2v) is 7.13.